The highest BCUT2D eigenvalue weighted by Gasteiger charge is 2.15. The molecule has 0 saturated heterocycles. The summed E-state index contributed by atoms with van der Waals surface area (Å²) in [6.07, 6.45) is 3.68. The number of hydrogen-bond acceptors (Lipinski definition) is 4. The van der Waals surface area contributed by atoms with E-state index in [0.717, 1.165) is 35.4 Å². The topological polar surface area (TPSA) is 65.4 Å². The average molecular weight is 329 g/mol. The second kappa shape index (κ2) is 7.97. The van der Waals surface area contributed by atoms with E-state index in [1.807, 2.05) is 30.5 Å². The summed E-state index contributed by atoms with van der Waals surface area (Å²) in [5, 5.41) is 7.37. The van der Waals surface area contributed by atoms with Crippen molar-refractivity contribution in [3.63, 3.8) is 0 Å². The third kappa shape index (κ3) is 4.35. The van der Waals surface area contributed by atoms with Gasteiger partial charge < -0.3 is 14.8 Å². The van der Waals surface area contributed by atoms with Gasteiger partial charge in [-0.2, -0.15) is 5.10 Å². The van der Waals surface area contributed by atoms with Crippen molar-refractivity contribution in [2.75, 3.05) is 13.2 Å². The normalized spacial score (nSPS) is 13.4. The van der Waals surface area contributed by atoms with Crippen molar-refractivity contribution in [1.82, 2.24) is 15.1 Å². The van der Waals surface area contributed by atoms with E-state index in [2.05, 4.69) is 17.3 Å². The fourth-order valence-corrected chi connectivity index (χ4v) is 2.63. The van der Waals surface area contributed by atoms with Gasteiger partial charge in [-0.25, -0.2) is 0 Å². The van der Waals surface area contributed by atoms with Gasteiger partial charge in [-0.1, -0.05) is 19.1 Å². The Labute approximate surface area is 141 Å². The van der Waals surface area contributed by atoms with Crippen LogP contribution in [0.15, 0.2) is 30.5 Å². The van der Waals surface area contributed by atoms with Gasteiger partial charge in [0.2, 0.25) is 5.91 Å². The highest BCUT2D eigenvalue weighted by Crippen LogP contribution is 2.15. The van der Waals surface area contributed by atoms with E-state index < -0.39 is 0 Å². The fraction of sp³-hybridized carbons (Fsp3) is 0.444. The first-order valence-corrected chi connectivity index (χ1v) is 8.36. The van der Waals surface area contributed by atoms with Crippen LogP contribution in [0.1, 0.15) is 30.2 Å². The fourth-order valence-electron chi connectivity index (χ4n) is 2.63. The number of nitrogens with one attached hydrogen (secondary N) is 1. The molecular weight excluding hydrogens is 306 g/mol. The number of carbonyl (C=O) groups excluding carboxylic acids is 1. The van der Waals surface area contributed by atoms with Gasteiger partial charge in [-0.05, 0) is 24.1 Å². The lowest BCUT2D eigenvalue weighted by molar-refractivity contribution is -0.122. The molecule has 1 aromatic carbocycles. The molecule has 2 heterocycles. The molecule has 1 aliphatic heterocycles. The van der Waals surface area contributed by atoms with Crippen LogP contribution < -0.4 is 10.1 Å². The minimum Gasteiger partial charge on any atom is -0.494 e. The Bertz CT molecular complexity index is 673. The predicted molar refractivity (Wildman–Crippen MR) is 89.7 cm³/mol. The van der Waals surface area contributed by atoms with Crippen LogP contribution in [0.5, 0.6) is 5.75 Å². The Morgan fingerprint density at radius 1 is 1.46 bits per heavy atom. The first kappa shape index (κ1) is 16.5. The molecule has 1 amide bonds. The van der Waals surface area contributed by atoms with Gasteiger partial charge in [0.15, 0.2) is 0 Å². The van der Waals surface area contributed by atoms with Gasteiger partial charge in [-0.3, -0.25) is 9.48 Å². The van der Waals surface area contributed by atoms with Crippen LogP contribution >= 0.6 is 0 Å². The molecule has 0 spiro atoms. The molecule has 0 aliphatic carbocycles. The van der Waals surface area contributed by atoms with Crippen LogP contribution in [0, 0.1) is 0 Å². The molecule has 1 N–H and O–H groups in total. The predicted octanol–water partition coefficient (Wildman–Crippen LogP) is 2.06. The minimum absolute atomic E-state index is 0.0596. The highest BCUT2D eigenvalue weighted by molar-refractivity contribution is 5.75. The van der Waals surface area contributed by atoms with E-state index in [9.17, 15) is 4.79 Å². The molecule has 0 atom stereocenters. The summed E-state index contributed by atoms with van der Waals surface area (Å²) in [6, 6.07) is 7.80. The SMILES string of the molecule is CCCOc1cccc(CNC(=O)Cn2cc3c(n2)CCOC3)c1. The van der Waals surface area contributed by atoms with Gasteiger partial charge in [0, 0.05) is 24.7 Å². The third-order valence-corrected chi connectivity index (χ3v) is 3.83. The maximum absolute atomic E-state index is 12.1. The summed E-state index contributed by atoms with van der Waals surface area (Å²) in [4.78, 5) is 12.1. The van der Waals surface area contributed by atoms with Crippen molar-refractivity contribution < 1.29 is 14.3 Å². The van der Waals surface area contributed by atoms with Gasteiger partial charge in [0.1, 0.15) is 12.3 Å². The summed E-state index contributed by atoms with van der Waals surface area (Å²) in [5.74, 6) is 0.777. The lowest BCUT2D eigenvalue weighted by atomic mass is 10.2. The van der Waals surface area contributed by atoms with E-state index >= 15 is 0 Å². The van der Waals surface area contributed by atoms with Crippen LogP contribution in [0.2, 0.25) is 0 Å². The van der Waals surface area contributed by atoms with Crippen LogP contribution in [-0.4, -0.2) is 28.9 Å². The van der Waals surface area contributed by atoms with Gasteiger partial charge in [-0.15, -0.1) is 0 Å². The smallest absolute Gasteiger partial charge is 0.241 e. The number of carbonyl (C=O) groups is 1. The Balaban J connectivity index is 1.51. The summed E-state index contributed by atoms with van der Waals surface area (Å²) in [5.41, 5.74) is 3.13. The molecule has 1 aromatic heterocycles. The molecule has 1 aliphatic rings. The van der Waals surface area contributed by atoms with Crippen molar-refractivity contribution in [2.45, 2.75) is 39.5 Å². The molecule has 0 saturated carbocycles. The number of fused-ring (bicyclic) bond motifs is 1. The number of rotatable bonds is 7. The molecule has 0 unspecified atom stereocenters. The van der Waals surface area contributed by atoms with E-state index in [1.54, 1.807) is 4.68 Å². The van der Waals surface area contributed by atoms with Crippen LogP contribution in [0.3, 0.4) is 0 Å². The van der Waals surface area contributed by atoms with Gasteiger partial charge in [0.05, 0.1) is 25.5 Å². The zero-order chi connectivity index (χ0) is 16.8. The zero-order valence-electron chi connectivity index (χ0n) is 14.0. The number of ether oxygens (including phenoxy) is 2. The van der Waals surface area contributed by atoms with Crippen molar-refractivity contribution in [1.29, 1.82) is 0 Å². The summed E-state index contributed by atoms with van der Waals surface area (Å²) < 4.78 is 12.7. The lowest BCUT2D eigenvalue weighted by Gasteiger charge is -2.08. The molecule has 0 bridgehead atoms. The number of amides is 1. The second-order valence-electron chi connectivity index (χ2n) is 5.87. The molecular formula is C18H23N3O3. The number of aromatic nitrogens is 2. The first-order valence-electron chi connectivity index (χ1n) is 8.36. The maximum atomic E-state index is 12.1. The van der Waals surface area contributed by atoms with Crippen LogP contribution in [0.25, 0.3) is 0 Å². The van der Waals surface area contributed by atoms with Crippen molar-refractivity contribution in [2.24, 2.45) is 0 Å². The number of hydrogen-bond donors (Lipinski definition) is 1. The minimum atomic E-state index is -0.0596. The highest BCUT2D eigenvalue weighted by atomic mass is 16.5. The largest absolute Gasteiger partial charge is 0.494 e. The maximum Gasteiger partial charge on any atom is 0.241 e. The summed E-state index contributed by atoms with van der Waals surface area (Å²) in [6.45, 7) is 4.76. The van der Waals surface area contributed by atoms with E-state index in [4.69, 9.17) is 9.47 Å². The van der Waals surface area contributed by atoms with E-state index in [1.165, 1.54) is 0 Å². The van der Waals surface area contributed by atoms with E-state index in [-0.39, 0.29) is 12.5 Å². The first-order chi connectivity index (χ1) is 11.7. The van der Waals surface area contributed by atoms with Gasteiger partial charge >= 0.3 is 0 Å². The molecule has 128 valence electrons. The number of nitrogens with zero attached hydrogens (tertiary/aromatic N) is 2. The lowest BCUT2D eigenvalue weighted by Crippen LogP contribution is -2.27. The van der Waals surface area contributed by atoms with Crippen LogP contribution in [-0.2, 0) is 35.6 Å². The summed E-state index contributed by atoms with van der Waals surface area (Å²) in [7, 11) is 0. The molecule has 3 rings (SSSR count). The molecule has 24 heavy (non-hydrogen) atoms. The molecule has 0 fully saturated rings. The van der Waals surface area contributed by atoms with Crippen molar-refractivity contribution in [3.8, 4) is 5.75 Å². The Kier molecular flexibility index (Phi) is 5.48. The molecule has 6 nitrogen and oxygen atoms in total. The monoisotopic (exact) mass is 329 g/mol. The van der Waals surface area contributed by atoms with Gasteiger partial charge in [0.25, 0.3) is 0 Å². The Hall–Kier alpha value is -2.34. The van der Waals surface area contributed by atoms with E-state index in [0.29, 0.717) is 26.4 Å². The van der Waals surface area contributed by atoms with Crippen molar-refractivity contribution >= 4 is 5.91 Å². The summed E-state index contributed by atoms with van der Waals surface area (Å²) >= 11 is 0. The standard InChI is InChI=1S/C18H23N3O3/c1-2-7-24-16-5-3-4-14(9-16)10-19-18(22)12-21-11-15-13-23-8-6-17(15)20-21/h3-5,9,11H,2,6-8,10,12-13H2,1H3,(H,19,22). The Morgan fingerprint density at radius 2 is 2.38 bits per heavy atom. The zero-order valence-corrected chi connectivity index (χ0v) is 14.0. The second-order valence-corrected chi connectivity index (χ2v) is 5.87. The molecule has 2 aromatic rings. The Morgan fingerprint density at radius 3 is 3.21 bits per heavy atom. The third-order valence-electron chi connectivity index (χ3n) is 3.83. The molecule has 0 radical (unpaired) electrons. The van der Waals surface area contributed by atoms with Crippen LogP contribution in [0.4, 0.5) is 0 Å². The molecule has 6 heteroatoms. The number of benzene rings is 1. The quantitative estimate of drug-likeness (QED) is 0.844. The average Bonchev–Trinajstić information content (AvgIpc) is 3.00. The van der Waals surface area contributed by atoms with Crippen molar-refractivity contribution in [3.05, 3.63) is 47.3 Å².